The van der Waals surface area contributed by atoms with Gasteiger partial charge in [-0.05, 0) is 48.5 Å². The summed E-state index contributed by atoms with van der Waals surface area (Å²) < 4.78 is 44.6. The van der Waals surface area contributed by atoms with E-state index in [1.807, 2.05) is 0 Å². The molecule has 2 rings (SSSR count). The number of halogens is 3. The van der Waals surface area contributed by atoms with E-state index in [-0.39, 0.29) is 17.1 Å². The number of phenolic OH excluding ortho intramolecular Hbond substituents is 1. The van der Waals surface area contributed by atoms with Gasteiger partial charge in [-0.15, -0.1) is 13.2 Å². The number of aromatic hydroxyl groups is 1. The van der Waals surface area contributed by atoms with Gasteiger partial charge >= 0.3 is 12.3 Å². The van der Waals surface area contributed by atoms with Crippen LogP contribution in [0.2, 0.25) is 0 Å². The van der Waals surface area contributed by atoms with Crippen LogP contribution in [-0.4, -0.2) is 17.4 Å². The second kappa shape index (κ2) is 5.74. The van der Waals surface area contributed by atoms with Gasteiger partial charge in [0.15, 0.2) is 0 Å². The van der Waals surface area contributed by atoms with Gasteiger partial charge in [-0.1, -0.05) is 0 Å². The molecule has 0 radical (unpaired) electrons. The van der Waals surface area contributed by atoms with E-state index in [9.17, 15) is 18.0 Å². The number of carbonyl (C=O) groups is 1. The zero-order valence-electron chi connectivity index (χ0n) is 10.4. The maximum Gasteiger partial charge on any atom is 0.573 e. The van der Waals surface area contributed by atoms with E-state index in [0.29, 0.717) is 0 Å². The van der Waals surface area contributed by atoms with Crippen LogP contribution in [0.5, 0.6) is 17.2 Å². The summed E-state index contributed by atoms with van der Waals surface area (Å²) in [5.41, 5.74) is 0.198. The Morgan fingerprint density at radius 1 is 0.905 bits per heavy atom. The molecule has 110 valence electrons. The molecule has 0 aliphatic heterocycles. The molecule has 2 aromatic rings. The maximum absolute atomic E-state index is 12.0. The second-order valence-corrected chi connectivity index (χ2v) is 3.96. The molecule has 0 fully saturated rings. The summed E-state index contributed by atoms with van der Waals surface area (Å²) in [5.74, 6) is -1.03. The minimum atomic E-state index is -4.77. The number of hydrogen-bond acceptors (Lipinski definition) is 4. The van der Waals surface area contributed by atoms with Crippen LogP contribution < -0.4 is 9.47 Å². The standard InChI is InChI=1S/C14H9F3O4/c15-14(16,17)21-12-7-5-11(6-8-12)20-13(19)9-1-3-10(18)4-2-9/h1-8,18H. The quantitative estimate of drug-likeness (QED) is 0.696. The topological polar surface area (TPSA) is 55.8 Å². The molecule has 21 heavy (non-hydrogen) atoms. The summed E-state index contributed by atoms with van der Waals surface area (Å²) in [6.45, 7) is 0. The van der Waals surface area contributed by atoms with Crippen molar-refractivity contribution in [1.29, 1.82) is 0 Å². The average Bonchev–Trinajstić information content (AvgIpc) is 2.40. The molecule has 0 aromatic heterocycles. The predicted molar refractivity (Wildman–Crippen MR) is 66.2 cm³/mol. The highest BCUT2D eigenvalue weighted by Crippen LogP contribution is 2.25. The Balaban J connectivity index is 2.03. The van der Waals surface area contributed by atoms with Gasteiger partial charge in [0.25, 0.3) is 0 Å². The molecule has 2 aromatic carbocycles. The first-order valence-electron chi connectivity index (χ1n) is 5.70. The Bertz CT molecular complexity index is 618. The fourth-order valence-corrected chi connectivity index (χ4v) is 1.47. The van der Waals surface area contributed by atoms with E-state index >= 15 is 0 Å². The monoisotopic (exact) mass is 298 g/mol. The van der Waals surface area contributed by atoms with E-state index in [1.165, 1.54) is 36.4 Å². The van der Waals surface area contributed by atoms with Crippen molar-refractivity contribution in [2.24, 2.45) is 0 Å². The summed E-state index contributed by atoms with van der Waals surface area (Å²) in [4.78, 5) is 11.7. The van der Waals surface area contributed by atoms with Crippen molar-refractivity contribution in [1.82, 2.24) is 0 Å². The minimum absolute atomic E-state index is 0.000187. The molecule has 0 saturated carbocycles. The van der Waals surface area contributed by atoms with Crippen LogP contribution in [-0.2, 0) is 0 Å². The van der Waals surface area contributed by atoms with Gasteiger partial charge in [0, 0.05) is 0 Å². The molecule has 4 nitrogen and oxygen atoms in total. The van der Waals surface area contributed by atoms with Crippen molar-refractivity contribution in [3.05, 3.63) is 54.1 Å². The molecule has 7 heteroatoms. The number of carbonyl (C=O) groups excluding carboxylic acids is 1. The van der Waals surface area contributed by atoms with Crippen LogP contribution in [0.25, 0.3) is 0 Å². The van der Waals surface area contributed by atoms with E-state index in [2.05, 4.69) is 4.74 Å². The lowest BCUT2D eigenvalue weighted by molar-refractivity contribution is -0.274. The van der Waals surface area contributed by atoms with Crippen molar-refractivity contribution in [2.45, 2.75) is 6.36 Å². The summed E-state index contributed by atoms with van der Waals surface area (Å²) in [7, 11) is 0. The van der Waals surface area contributed by atoms with Crippen LogP contribution in [0.3, 0.4) is 0 Å². The smallest absolute Gasteiger partial charge is 0.508 e. The molecule has 0 amide bonds. The molecule has 0 heterocycles. The van der Waals surface area contributed by atoms with Gasteiger partial charge in [0.1, 0.15) is 17.2 Å². The van der Waals surface area contributed by atoms with Crippen LogP contribution in [0.1, 0.15) is 10.4 Å². The van der Waals surface area contributed by atoms with Crippen LogP contribution in [0, 0.1) is 0 Å². The number of rotatable bonds is 3. The summed E-state index contributed by atoms with van der Waals surface area (Å²) in [6, 6.07) is 9.78. The third-order valence-electron chi connectivity index (χ3n) is 2.37. The third-order valence-corrected chi connectivity index (χ3v) is 2.37. The number of hydrogen-bond donors (Lipinski definition) is 1. The molecule has 1 N–H and O–H groups in total. The number of phenols is 1. The molecule has 0 spiro atoms. The first kappa shape index (κ1) is 14.7. The predicted octanol–water partition coefficient (Wildman–Crippen LogP) is 3.51. The van der Waals surface area contributed by atoms with Gasteiger partial charge in [0.2, 0.25) is 0 Å². The molecule has 0 bridgehead atoms. The molecule has 0 atom stereocenters. The lowest BCUT2D eigenvalue weighted by Gasteiger charge is -2.09. The van der Waals surface area contributed by atoms with Crippen LogP contribution >= 0.6 is 0 Å². The molecule has 0 aliphatic carbocycles. The molecular formula is C14H9F3O4. The van der Waals surface area contributed by atoms with E-state index < -0.39 is 18.1 Å². The number of ether oxygens (including phenoxy) is 2. The largest absolute Gasteiger partial charge is 0.573 e. The Labute approximate surface area is 117 Å². The zero-order chi connectivity index (χ0) is 15.5. The Kier molecular flexibility index (Phi) is 4.02. The van der Waals surface area contributed by atoms with Crippen molar-refractivity contribution >= 4 is 5.97 Å². The lowest BCUT2D eigenvalue weighted by Crippen LogP contribution is -2.17. The van der Waals surface area contributed by atoms with Crippen molar-refractivity contribution in [2.75, 3.05) is 0 Å². The Hall–Kier alpha value is -2.70. The lowest BCUT2D eigenvalue weighted by atomic mass is 10.2. The fraction of sp³-hybridized carbons (Fsp3) is 0.0714. The first-order valence-corrected chi connectivity index (χ1v) is 5.70. The normalized spacial score (nSPS) is 11.0. The third kappa shape index (κ3) is 4.41. The summed E-state index contributed by atoms with van der Waals surface area (Å²) in [6.07, 6.45) is -4.77. The van der Waals surface area contributed by atoms with Crippen molar-refractivity contribution in [3.8, 4) is 17.2 Å². The molecule has 0 aliphatic rings. The van der Waals surface area contributed by atoms with Crippen LogP contribution in [0.4, 0.5) is 13.2 Å². The maximum atomic E-state index is 12.0. The average molecular weight is 298 g/mol. The molecule has 0 saturated heterocycles. The molecule has 0 unspecified atom stereocenters. The SMILES string of the molecule is O=C(Oc1ccc(OC(F)(F)F)cc1)c1ccc(O)cc1. The minimum Gasteiger partial charge on any atom is -0.508 e. The van der Waals surface area contributed by atoms with E-state index in [1.54, 1.807) is 0 Å². The second-order valence-electron chi connectivity index (χ2n) is 3.96. The van der Waals surface area contributed by atoms with Gasteiger partial charge in [-0.25, -0.2) is 4.79 Å². The Morgan fingerprint density at radius 3 is 1.95 bits per heavy atom. The van der Waals surface area contributed by atoms with Gasteiger partial charge in [-0.2, -0.15) is 0 Å². The van der Waals surface area contributed by atoms with Gasteiger partial charge < -0.3 is 14.6 Å². The summed E-state index contributed by atoms with van der Waals surface area (Å²) >= 11 is 0. The highest BCUT2D eigenvalue weighted by molar-refractivity contribution is 5.91. The van der Waals surface area contributed by atoms with E-state index in [4.69, 9.17) is 9.84 Å². The molecular weight excluding hydrogens is 289 g/mol. The first-order chi connectivity index (χ1) is 9.83. The van der Waals surface area contributed by atoms with Crippen LogP contribution in [0.15, 0.2) is 48.5 Å². The van der Waals surface area contributed by atoms with Crippen molar-refractivity contribution < 1.29 is 32.5 Å². The summed E-state index contributed by atoms with van der Waals surface area (Å²) in [5, 5.41) is 9.09. The fourth-order valence-electron chi connectivity index (χ4n) is 1.47. The van der Waals surface area contributed by atoms with Gasteiger partial charge in [0.05, 0.1) is 5.56 Å². The van der Waals surface area contributed by atoms with E-state index in [0.717, 1.165) is 12.1 Å². The highest BCUT2D eigenvalue weighted by atomic mass is 19.4. The van der Waals surface area contributed by atoms with Crippen molar-refractivity contribution in [3.63, 3.8) is 0 Å². The zero-order valence-corrected chi connectivity index (χ0v) is 10.4. The number of alkyl halides is 3. The Morgan fingerprint density at radius 2 is 1.43 bits per heavy atom. The highest BCUT2D eigenvalue weighted by Gasteiger charge is 2.31. The number of benzene rings is 2. The van der Waals surface area contributed by atoms with Gasteiger partial charge in [-0.3, -0.25) is 0 Å². The number of esters is 1.